The third kappa shape index (κ3) is 4.58. The van der Waals surface area contributed by atoms with Crippen molar-refractivity contribution in [1.29, 1.82) is 0 Å². The van der Waals surface area contributed by atoms with E-state index in [0.29, 0.717) is 13.0 Å². The summed E-state index contributed by atoms with van der Waals surface area (Å²) in [6.07, 6.45) is 2.70. The summed E-state index contributed by atoms with van der Waals surface area (Å²) >= 11 is 0. The summed E-state index contributed by atoms with van der Waals surface area (Å²) in [6, 6.07) is 28.3. The summed E-state index contributed by atoms with van der Waals surface area (Å²) in [4.78, 5) is 20.1. The van der Waals surface area contributed by atoms with Crippen molar-refractivity contribution in [3.05, 3.63) is 108 Å². The Labute approximate surface area is 192 Å². The quantitative estimate of drug-likeness (QED) is 0.338. The minimum atomic E-state index is -0.335. The van der Waals surface area contributed by atoms with Crippen LogP contribution in [-0.4, -0.2) is 15.9 Å². The number of primary amides is 1. The smallest absolute Gasteiger partial charge is 0.218 e. The Bertz CT molecular complexity index is 1390. The van der Waals surface area contributed by atoms with Gasteiger partial charge in [0.1, 0.15) is 12.4 Å². The fourth-order valence-electron chi connectivity index (χ4n) is 4.36. The van der Waals surface area contributed by atoms with Crippen LogP contribution in [0.4, 0.5) is 0 Å². The number of benzene rings is 3. The third-order valence-electron chi connectivity index (χ3n) is 5.95. The number of H-pyrrole nitrogens is 1. The van der Waals surface area contributed by atoms with Crippen LogP contribution in [0.3, 0.4) is 0 Å². The molecule has 0 saturated carbocycles. The van der Waals surface area contributed by atoms with Crippen LogP contribution in [0, 0.1) is 0 Å². The number of aromatic amines is 1. The zero-order valence-electron chi connectivity index (χ0n) is 18.2. The van der Waals surface area contributed by atoms with E-state index in [1.165, 1.54) is 0 Å². The van der Waals surface area contributed by atoms with E-state index in [1.807, 2.05) is 79.0 Å². The van der Waals surface area contributed by atoms with Crippen LogP contribution >= 0.6 is 0 Å². The summed E-state index contributed by atoms with van der Waals surface area (Å²) in [7, 11) is 0. The number of nitrogens with two attached hydrogens (primary N) is 1. The van der Waals surface area contributed by atoms with Gasteiger partial charge in [0.15, 0.2) is 0 Å². The third-order valence-corrected chi connectivity index (χ3v) is 5.95. The summed E-state index contributed by atoms with van der Waals surface area (Å²) in [6.45, 7) is 0.525. The van der Waals surface area contributed by atoms with E-state index >= 15 is 0 Å². The average Bonchev–Trinajstić information content (AvgIpc) is 3.22. The molecule has 5 rings (SSSR count). The van der Waals surface area contributed by atoms with E-state index in [9.17, 15) is 4.79 Å². The monoisotopic (exact) mass is 435 g/mol. The van der Waals surface area contributed by atoms with Crippen molar-refractivity contribution in [2.75, 3.05) is 0 Å². The van der Waals surface area contributed by atoms with E-state index in [-0.39, 0.29) is 18.2 Å². The van der Waals surface area contributed by atoms with E-state index in [0.717, 1.165) is 44.4 Å². The van der Waals surface area contributed by atoms with Crippen molar-refractivity contribution < 1.29 is 9.53 Å². The second-order valence-corrected chi connectivity index (χ2v) is 8.28. The van der Waals surface area contributed by atoms with Gasteiger partial charge in [-0.1, -0.05) is 60.7 Å². The Kier molecular flexibility index (Phi) is 5.77. The number of ether oxygens (including phenoxy) is 1. The van der Waals surface area contributed by atoms with E-state index in [4.69, 9.17) is 10.5 Å². The molecule has 164 valence electrons. The van der Waals surface area contributed by atoms with Crippen LogP contribution in [0.25, 0.3) is 21.8 Å². The van der Waals surface area contributed by atoms with Crippen LogP contribution < -0.4 is 10.5 Å². The highest BCUT2D eigenvalue weighted by Crippen LogP contribution is 2.33. The van der Waals surface area contributed by atoms with Gasteiger partial charge in [-0.2, -0.15) is 0 Å². The summed E-state index contributed by atoms with van der Waals surface area (Å²) in [5.74, 6) is 0.345. The first kappa shape index (κ1) is 20.8. The fraction of sp³-hybridized carbons (Fsp3) is 0.143. The second-order valence-electron chi connectivity index (χ2n) is 8.28. The lowest BCUT2D eigenvalue weighted by Gasteiger charge is -2.16. The van der Waals surface area contributed by atoms with E-state index in [2.05, 4.69) is 22.1 Å². The maximum Gasteiger partial charge on any atom is 0.218 e. The van der Waals surface area contributed by atoms with Gasteiger partial charge >= 0.3 is 0 Å². The number of carbonyl (C=O) groups excluding carboxylic acids is 1. The Balaban J connectivity index is 1.39. The molecule has 0 fully saturated rings. The van der Waals surface area contributed by atoms with Gasteiger partial charge < -0.3 is 15.5 Å². The van der Waals surface area contributed by atoms with Gasteiger partial charge in [-0.05, 0) is 41.8 Å². The molecule has 5 aromatic rings. The topological polar surface area (TPSA) is 81.0 Å². The van der Waals surface area contributed by atoms with Crippen LogP contribution in [0.1, 0.15) is 29.2 Å². The zero-order chi connectivity index (χ0) is 22.6. The maximum absolute atomic E-state index is 11.9. The molecule has 0 aliphatic heterocycles. The van der Waals surface area contributed by atoms with E-state index in [1.54, 1.807) is 0 Å². The van der Waals surface area contributed by atoms with Gasteiger partial charge in [-0.3, -0.25) is 9.78 Å². The minimum absolute atomic E-state index is 0.129. The lowest BCUT2D eigenvalue weighted by molar-refractivity contribution is -0.118. The lowest BCUT2D eigenvalue weighted by atomic mass is 9.91. The maximum atomic E-state index is 11.9. The molecule has 3 aromatic carbocycles. The summed E-state index contributed by atoms with van der Waals surface area (Å²) < 4.78 is 5.90. The van der Waals surface area contributed by atoms with E-state index < -0.39 is 0 Å². The molecule has 0 radical (unpaired) electrons. The number of pyridine rings is 1. The number of carbonyl (C=O) groups is 1. The Morgan fingerprint density at radius 1 is 0.879 bits per heavy atom. The van der Waals surface area contributed by atoms with Crippen molar-refractivity contribution in [3.8, 4) is 5.75 Å². The fourth-order valence-corrected chi connectivity index (χ4v) is 4.36. The van der Waals surface area contributed by atoms with Crippen molar-refractivity contribution in [3.63, 3.8) is 0 Å². The number of rotatable bonds is 8. The molecule has 2 heterocycles. The molecule has 5 heteroatoms. The van der Waals surface area contributed by atoms with Gasteiger partial charge in [-0.15, -0.1) is 0 Å². The molecule has 3 N–H and O–H groups in total. The number of nitrogens with zero attached hydrogens (tertiary/aromatic N) is 1. The number of para-hydroxylation sites is 1. The summed E-state index contributed by atoms with van der Waals surface area (Å²) in [5.41, 5.74) is 10.7. The number of amides is 1. The summed E-state index contributed by atoms with van der Waals surface area (Å²) in [5, 5.41) is 2.25. The van der Waals surface area contributed by atoms with Crippen molar-refractivity contribution in [2.24, 2.45) is 5.73 Å². The molecule has 1 atom stereocenters. The SMILES string of the molecule is NC(=O)C[C@@H](Cc1ccc(OCc2ccccc2)cc1)c1nccc2c1[nH]c1ccccc12. The van der Waals surface area contributed by atoms with Crippen LogP contribution in [0.5, 0.6) is 5.75 Å². The van der Waals surface area contributed by atoms with Crippen LogP contribution in [0.2, 0.25) is 0 Å². The average molecular weight is 436 g/mol. The van der Waals surface area contributed by atoms with Gasteiger partial charge in [0.05, 0.1) is 11.2 Å². The number of nitrogens with one attached hydrogen (secondary N) is 1. The Morgan fingerprint density at radius 2 is 1.64 bits per heavy atom. The first-order chi connectivity index (χ1) is 16.2. The normalized spacial score (nSPS) is 12.1. The highest BCUT2D eigenvalue weighted by atomic mass is 16.5. The molecule has 33 heavy (non-hydrogen) atoms. The molecule has 0 unspecified atom stereocenters. The standard InChI is InChI=1S/C28H25N3O2/c29-26(32)17-21(27-28-24(14-15-30-27)23-8-4-5-9-25(23)31-28)16-19-10-12-22(13-11-19)33-18-20-6-2-1-3-7-20/h1-15,21,31H,16-18H2,(H2,29,32)/t21-/m1/s1. The Morgan fingerprint density at radius 3 is 2.42 bits per heavy atom. The number of hydrogen-bond acceptors (Lipinski definition) is 3. The largest absolute Gasteiger partial charge is 0.489 e. The minimum Gasteiger partial charge on any atom is -0.489 e. The highest BCUT2D eigenvalue weighted by Gasteiger charge is 2.21. The molecule has 2 aromatic heterocycles. The highest BCUT2D eigenvalue weighted by molar-refractivity contribution is 6.07. The predicted octanol–water partition coefficient (Wildman–Crippen LogP) is 5.50. The molecule has 0 spiro atoms. The van der Waals surface area contributed by atoms with Crippen molar-refractivity contribution >= 4 is 27.7 Å². The number of aromatic nitrogens is 2. The molecule has 5 nitrogen and oxygen atoms in total. The molecule has 0 aliphatic carbocycles. The second kappa shape index (κ2) is 9.17. The molecule has 1 amide bonds. The molecular weight excluding hydrogens is 410 g/mol. The lowest BCUT2D eigenvalue weighted by Crippen LogP contribution is -2.18. The first-order valence-corrected chi connectivity index (χ1v) is 11.1. The van der Waals surface area contributed by atoms with Crippen molar-refractivity contribution in [2.45, 2.75) is 25.4 Å². The predicted molar refractivity (Wildman–Crippen MR) is 131 cm³/mol. The van der Waals surface area contributed by atoms with Crippen molar-refractivity contribution in [1.82, 2.24) is 9.97 Å². The van der Waals surface area contributed by atoms with Gasteiger partial charge in [0.2, 0.25) is 5.91 Å². The zero-order valence-corrected chi connectivity index (χ0v) is 18.2. The number of fused-ring (bicyclic) bond motifs is 3. The molecule has 0 saturated heterocycles. The molecule has 0 bridgehead atoms. The van der Waals surface area contributed by atoms with Gasteiger partial charge in [0.25, 0.3) is 0 Å². The van der Waals surface area contributed by atoms with Gasteiger partial charge in [0, 0.05) is 34.8 Å². The molecule has 0 aliphatic rings. The number of hydrogen-bond donors (Lipinski definition) is 2. The van der Waals surface area contributed by atoms with Crippen LogP contribution in [-0.2, 0) is 17.8 Å². The molecular formula is C28H25N3O2. The first-order valence-electron chi connectivity index (χ1n) is 11.1. The van der Waals surface area contributed by atoms with Crippen LogP contribution in [0.15, 0.2) is 91.1 Å². The van der Waals surface area contributed by atoms with Gasteiger partial charge in [-0.25, -0.2) is 0 Å². The Hall–Kier alpha value is -4.12.